The van der Waals surface area contributed by atoms with Gasteiger partial charge in [0.25, 0.3) is 0 Å². The van der Waals surface area contributed by atoms with Crippen molar-refractivity contribution in [3.63, 3.8) is 0 Å². The van der Waals surface area contributed by atoms with Gasteiger partial charge < -0.3 is 10.5 Å². The van der Waals surface area contributed by atoms with Crippen molar-refractivity contribution in [3.05, 3.63) is 35.4 Å². The van der Waals surface area contributed by atoms with Gasteiger partial charge in [-0.05, 0) is 69.0 Å². The van der Waals surface area contributed by atoms with Crippen LogP contribution in [0.1, 0.15) is 51.2 Å². The lowest BCUT2D eigenvalue weighted by molar-refractivity contribution is 0.158. The third-order valence-electron chi connectivity index (χ3n) is 3.53. The molecular formula is C16H23NO. The third kappa shape index (κ3) is 2.59. The SMILES string of the molecule is CC1=CC(C)(C)Oc2ccc(C(C)CCN)cc21. The summed E-state index contributed by atoms with van der Waals surface area (Å²) < 4.78 is 5.98. The average Bonchev–Trinajstić information content (AvgIpc) is 2.27. The van der Waals surface area contributed by atoms with Crippen molar-refractivity contribution in [2.75, 3.05) is 6.54 Å². The molecule has 1 aliphatic heterocycles. The Morgan fingerprint density at radius 1 is 1.33 bits per heavy atom. The Kier molecular flexibility index (Phi) is 3.49. The largest absolute Gasteiger partial charge is 0.483 e. The summed E-state index contributed by atoms with van der Waals surface area (Å²) in [7, 11) is 0. The second kappa shape index (κ2) is 4.77. The highest BCUT2D eigenvalue weighted by molar-refractivity contribution is 5.72. The Bertz CT molecular complexity index is 474. The van der Waals surface area contributed by atoms with E-state index in [0.29, 0.717) is 5.92 Å². The van der Waals surface area contributed by atoms with Crippen molar-refractivity contribution in [3.8, 4) is 5.75 Å². The first-order chi connectivity index (χ1) is 8.43. The molecule has 2 N–H and O–H groups in total. The summed E-state index contributed by atoms with van der Waals surface area (Å²) in [6, 6.07) is 6.50. The van der Waals surface area contributed by atoms with Crippen molar-refractivity contribution in [2.45, 2.75) is 45.6 Å². The summed E-state index contributed by atoms with van der Waals surface area (Å²) in [6.45, 7) is 9.28. The van der Waals surface area contributed by atoms with Gasteiger partial charge in [0, 0.05) is 5.56 Å². The first-order valence-corrected chi connectivity index (χ1v) is 6.66. The van der Waals surface area contributed by atoms with Crippen molar-refractivity contribution in [1.29, 1.82) is 0 Å². The van der Waals surface area contributed by atoms with E-state index in [2.05, 4.69) is 52.0 Å². The predicted molar refractivity (Wildman–Crippen MR) is 76.9 cm³/mol. The van der Waals surface area contributed by atoms with Gasteiger partial charge >= 0.3 is 0 Å². The van der Waals surface area contributed by atoms with Crippen molar-refractivity contribution < 1.29 is 4.74 Å². The van der Waals surface area contributed by atoms with Gasteiger partial charge in [0.15, 0.2) is 0 Å². The molecule has 1 heterocycles. The molecule has 1 aliphatic rings. The summed E-state index contributed by atoms with van der Waals surface area (Å²) in [6.07, 6.45) is 3.21. The molecule has 0 aliphatic carbocycles. The van der Waals surface area contributed by atoms with Gasteiger partial charge in [0.2, 0.25) is 0 Å². The van der Waals surface area contributed by atoms with E-state index < -0.39 is 0 Å². The Hall–Kier alpha value is -1.28. The predicted octanol–water partition coefficient (Wildman–Crippen LogP) is 3.71. The van der Waals surface area contributed by atoms with Gasteiger partial charge in [-0.25, -0.2) is 0 Å². The summed E-state index contributed by atoms with van der Waals surface area (Å²) in [4.78, 5) is 0. The van der Waals surface area contributed by atoms with Crippen LogP contribution in [0, 0.1) is 0 Å². The molecule has 1 aromatic carbocycles. The number of nitrogens with two attached hydrogens (primary N) is 1. The average molecular weight is 245 g/mol. The smallest absolute Gasteiger partial charge is 0.128 e. The van der Waals surface area contributed by atoms with Crippen LogP contribution >= 0.6 is 0 Å². The topological polar surface area (TPSA) is 35.2 Å². The number of benzene rings is 1. The number of hydrogen-bond acceptors (Lipinski definition) is 2. The molecule has 0 spiro atoms. The highest BCUT2D eigenvalue weighted by Crippen LogP contribution is 2.37. The molecule has 2 rings (SSSR count). The van der Waals surface area contributed by atoms with E-state index in [0.717, 1.165) is 18.7 Å². The van der Waals surface area contributed by atoms with Crippen LogP contribution in [0.3, 0.4) is 0 Å². The van der Waals surface area contributed by atoms with Crippen LogP contribution in [0.4, 0.5) is 0 Å². The van der Waals surface area contributed by atoms with E-state index >= 15 is 0 Å². The van der Waals surface area contributed by atoms with E-state index in [1.54, 1.807) is 0 Å². The van der Waals surface area contributed by atoms with E-state index in [1.807, 2.05) is 0 Å². The molecular weight excluding hydrogens is 222 g/mol. The third-order valence-corrected chi connectivity index (χ3v) is 3.53. The molecule has 2 heteroatoms. The lowest BCUT2D eigenvalue weighted by atomic mass is 9.90. The quantitative estimate of drug-likeness (QED) is 0.881. The van der Waals surface area contributed by atoms with Gasteiger partial charge in [-0.1, -0.05) is 13.0 Å². The molecule has 1 unspecified atom stereocenters. The molecule has 0 saturated heterocycles. The first kappa shape index (κ1) is 13.2. The fourth-order valence-corrected chi connectivity index (χ4v) is 2.58. The van der Waals surface area contributed by atoms with Gasteiger partial charge in [-0.15, -0.1) is 0 Å². The molecule has 0 radical (unpaired) electrons. The monoisotopic (exact) mass is 245 g/mol. The molecule has 0 saturated carbocycles. The fourth-order valence-electron chi connectivity index (χ4n) is 2.58. The standard InChI is InChI=1S/C16H23NO/c1-11(7-8-17)13-5-6-15-14(9-13)12(2)10-16(3,4)18-15/h5-6,9-11H,7-8,17H2,1-4H3. The fraction of sp³-hybridized carbons (Fsp3) is 0.500. The van der Waals surface area contributed by atoms with Crippen molar-refractivity contribution >= 4 is 5.57 Å². The Labute approximate surface area is 110 Å². The lowest BCUT2D eigenvalue weighted by Crippen LogP contribution is -2.28. The minimum absolute atomic E-state index is 0.207. The highest BCUT2D eigenvalue weighted by Gasteiger charge is 2.25. The first-order valence-electron chi connectivity index (χ1n) is 6.66. The second-order valence-electron chi connectivity index (χ2n) is 5.77. The molecule has 0 amide bonds. The normalized spacial score (nSPS) is 18.6. The second-order valence-corrected chi connectivity index (χ2v) is 5.77. The maximum absolute atomic E-state index is 5.98. The highest BCUT2D eigenvalue weighted by atomic mass is 16.5. The molecule has 98 valence electrons. The van der Waals surface area contributed by atoms with Crippen LogP contribution in [0.5, 0.6) is 5.75 Å². The van der Waals surface area contributed by atoms with Crippen molar-refractivity contribution in [1.82, 2.24) is 0 Å². The Morgan fingerprint density at radius 3 is 2.72 bits per heavy atom. The van der Waals surface area contributed by atoms with Crippen LogP contribution in [0.2, 0.25) is 0 Å². The van der Waals surface area contributed by atoms with Crippen LogP contribution < -0.4 is 10.5 Å². The molecule has 2 nitrogen and oxygen atoms in total. The molecule has 1 atom stereocenters. The summed E-state index contributed by atoms with van der Waals surface area (Å²) in [5, 5.41) is 0. The van der Waals surface area contributed by atoms with Crippen LogP contribution in [-0.4, -0.2) is 12.1 Å². The summed E-state index contributed by atoms with van der Waals surface area (Å²) in [5.74, 6) is 1.49. The molecule has 0 fully saturated rings. The zero-order valence-electron chi connectivity index (χ0n) is 11.8. The van der Waals surface area contributed by atoms with E-state index in [-0.39, 0.29) is 5.60 Å². The minimum Gasteiger partial charge on any atom is -0.483 e. The maximum atomic E-state index is 5.98. The zero-order valence-corrected chi connectivity index (χ0v) is 11.8. The Balaban J connectivity index is 2.36. The van der Waals surface area contributed by atoms with Crippen LogP contribution in [0.25, 0.3) is 5.57 Å². The van der Waals surface area contributed by atoms with E-state index in [1.165, 1.54) is 16.7 Å². The molecule has 1 aromatic rings. The maximum Gasteiger partial charge on any atom is 0.128 e. The molecule has 18 heavy (non-hydrogen) atoms. The van der Waals surface area contributed by atoms with E-state index in [9.17, 15) is 0 Å². The summed E-state index contributed by atoms with van der Waals surface area (Å²) in [5.41, 5.74) is 9.28. The van der Waals surface area contributed by atoms with Gasteiger partial charge in [-0.2, -0.15) is 0 Å². The number of rotatable bonds is 3. The number of hydrogen-bond donors (Lipinski definition) is 1. The van der Waals surface area contributed by atoms with Gasteiger partial charge in [0.05, 0.1) is 0 Å². The van der Waals surface area contributed by atoms with Gasteiger partial charge in [-0.3, -0.25) is 0 Å². The number of fused-ring (bicyclic) bond motifs is 1. The molecule has 0 aromatic heterocycles. The lowest BCUT2D eigenvalue weighted by Gasteiger charge is -2.30. The summed E-state index contributed by atoms with van der Waals surface area (Å²) >= 11 is 0. The van der Waals surface area contributed by atoms with Gasteiger partial charge in [0.1, 0.15) is 11.4 Å². The van der Waals surface area contributed by atoms with Crippen molar-refractivity contribution in [2.24, 2.45) is 5.73 Å². The number of allylic oxidation sites excluding steroid dienone is 1. The minimum atomic E-state index is -0.207. The molecule has 0 bridgehead atoms. The van der Waals surface area contributed by atoms with E-state index in [4.69, 9.17) is 10.5 Å². The zero-order chi connectivity index (χ0) is 13.3. The van der Waals surface area contributed by atoms with Crippen LogP contribution in [-0.2, 0) is 0 Å². The Morgan fingerprint density at radius 2 is 2.06 bits per heavy atom. The van der Waals surface area contributed by atoms with Crippen LogP contribution in [0.15, 0.2) is 24.3 Å². The number of ether oxygens (including phenoxy) is 1.